The van der Waals surface area contributed by atoms with Gasteiger partial charge in [0.25, 0.3) is 5.56 Å². The summed E-state index contributed by atoms with van der Waals surface area (Å²) < 4.78 is 13.0. The lowest BCUT2D eigenvalue weighted by atomic mass is 10.2. The van der Waals surface area contributed by atoms with Crippen LogP contribution in [0.3, 0.4) is 0 Å². The number of aromatic nitrogens is 4. The fourth-order valence-corrected chi connectivity index (χ4v) is 1.64. The van der Waals surface area contributed by atoms with Gasteiger partial charge in [-0.25, -0.2) is 19.3 Å². The first-order chi connectivity index (χ1) is 8.74. The Labute approximate surface area is 100 Å². The van der Waals surface area contributed by atoms with Crippen LogP contribution in [-0.2, 0) is 0 Å². The number of rotatable bonds is 1. The number of nitrogens with zero attached hydrogens (tertiary/aromatic N) is 3. The summed E-state index contributed by atoms with van der Waals surface area (Å²) in [6.07, 6.45) is 3.11. The quantitative estimate of drug-likeness (QED) is 0.702. The standard InChI is InChI=1S/C12H7FN4O/c13-7-2-3-9-8(6-7)12(18)17-11(16-9)10-14-4-1-5-15-10/h1-6H,(H,16,17,18). The zero-order chi connectivity index (χ0) is 12.5. The lowest BCUT2D eigenvalue weighted by molar-refractivity contribution is 0.629. The largest absolute Gasteiger partial charge is 0.303 e. The molecule has 3 rings (SSSR count). The van der Waals surface area contributed by atoms with Gasteiger partial charge in [-0.2, -0.15) is 0 Å². The van der Waals surface area contributed by atoms with E-state index in [9.17, 15) is 9.18 Å². The minimum absolute atomic E-state index is 0.203. The normalized spacial score (nSPS) is 10.7. The molecule has 18 heavy (non-hydrogen) atoms. The monoisotopic (exact) mass is 242 g/mol. The zero-order valence-corrected chi connectivity index (χ0v) is 9.09. The second kappa shape index (κ2) is 3.99. The van der Waals surface area contributed by atoms with Crippen molar-refractivity contribution >= 4 is 10.9 Å². The SMILES string of the molecule is O=c1[nH]c(-c2ncccn2)nc2ccc(F)cc12. The third-order valence-corrected chi connectivity index (χ3v) is 2.44. The van der Waals surface area contributed by atoms with Crippen LogP contribution in [0.15, 0.2) is 41.5 Å². The summed E-state index contributed by atoms with van der Waals surface area (Å²) >= 11 is 0. The van der Waals surface area contributed by atoms with E-state index in [1.54, 1.807) is 18.5 Å². The molecule has 0 radical (unpaired) electrons. The first kappa shape index (κ1) is 10.5. The molecule has 0 amide bonds. The summed E-state index contributed by atoms with van der Waals surface area (Å²) in [6, 6.07) is 5.52. The van der Waals surface area contributed by atoms with E-state index in [1.165, 1.54) is 12.1 Å². The van der Waals surface area contributed by atoms with Crippen molar-refractivity contribution in [3.63, 3.8) is 0 Å². The van der Waals surface area contributed by atoms with Gasteiger partial charge < -0.3 is 4.98 Å². The average molecular weight is 242 g/mol. The number of H-pyrrole nitrogens is 1. The molecular weight excluding hydrogens is 235 g/mol. The summed E-state index contributed by atoms with van der Waals surface area (Å²) in [5.74, 6) is 0.110. The summed E-state index contributed by atoms with van der Waals surface area (Å²) in [4.78, 5) is 26.5. The maximum atomic E-state index is 13.0. The first-order valence-electron chi connectivity index (χ1n) is 5.21. The molecular formula is C12H7FN4O. The first-order valence-corrected chi connectivity index (χ1v) is 5.21. The van der Waals surface area contributed by atoms with E-state index in [1.807, 2.05) is 0 Å². The second-order valence-electron chi connectivity index (χ2n) is 3.65. The molecule has 0 saturated heterocycles. The molecule has 0 fully saturated rings. The number of nitrogens with one attached hydrogen (secondary N) is 1. The summed E-state index contributed by atoms with van der Waals surface area (Å²) in [5, 5.41) is 0.203. The minimum atomic E-state index is -0.474. The highest BCUT2D eigenvalue weighted by molar-refractivity contribution is 5.78. The van der Waals surface area contributed by atoms with Crippen molar-refractivity contribution in [1.29, 1.82) is 0 Å². The molecule has 88 valence electrons. The lowest BCUT2D eigenvalue weighted by Gasteiger charge is -2.01. The van der Waals surface area contributed by atoms with Gasteiger partial charge in [-0.1, -0.05) is 0 Å². The molecule has 3 aromatic rings. The highest BCUT2D eigenvalue weighted by Gasteiger charge is 2.08. The molecule has 5 nitrogen and oxygen atoms in total. The summed E-state index contributed by atoms with van der Waals surface area (Å²) in [7, 11) is 0. The summed E-state index contributed by atoms with van der Waals surface area (Å²) in [6.45, 7) is 0. The molecule has 1 N–H and O–H groups in total. The van der Waals surface area contributed by atoms with Gasteiger partial charge in [0.2, 0.25) is 0 Å². The Morgan fingerprint density at radius 2 is 1.94 bits per heavy atom. The smallest absolute Gasteiger partial charge is 0.259 e. The van der Waals surface area contributed by atoms with E-state index in [0.29, 0.717) is 11.3 Å². The molecule has 0 aliphatic rings. The molecule has 0 aliphatic heterocycles. The predicted octanol–water partition coefficient (Wildman–Crippen LogP) is 1.52. The molecule has 0 bridgehead atoms. The van der Waals surface area contributed by atoms with Gasteiger partial charge in [0.1, 0.15) is 5.82 Å². The van der Waals surface area contributed by atoms with Crippen LogP contribution in [0.1, 0.15) is 0 Å². The third-order valence-electron chi connectivity index (χ3n) is 2.44. The highest BCUT2D eigenvalue weighted by Crippen LogP contribution is 2.12. The van der Waals surface area contributed by atoms with Gasteiger partial charge in [0.05, 0.1) is 10.9 Å². The van der Waals surface area contributed by atoms with Crippen molar-refractivity contribution in [1.82, 2.24) is 19.9 Å². The van der Waals surface area contributed by atoms with Crippen molar-refractivity contribution in [2.45, 2.75) is 0 Å². The minimum Gasteiger partial charge on any atom is -0.303 e. The van der Waals surface area contributed by atoms with Crippen LogP contribution < -0.4 is 5.56 Å². The summed E-state index contributed by atoms with van der Waals surface area (Å²) in [5.41, 5.74) is -0.00967. The fourth-order valence-electron chi connectivity index (χ4n) is 1.64. The number of hydrogen-bond donors (Lipinski definition) is 1. The number of aromatic amines is 1. The molecule has 0 atom stereocenters. The van der Waals surface area contributed by atoms with E-state index < -0.39 is 11.4 Å². The van der Waals surface area contributed by atoms with Crippen LogP contribution in [0, 0.1) is 5.82 Å². The van der Waals surface area contributed by atoms with Crippen LogP contribution in [0.25, 0.3) is 22.6 Å². The lowest BCUT2D eigenvalue weighted by Crippen LogP contribution is -2.10. The third kappa shape index (κ3) is 1.73. The molecule has 2 heterocycles. The number of hydrogen-bond acceptors (Lipinski definition) is 4. The highest BCUT2D eigenvalue weighted by atomic mass is 19.1. The fraction of sp³-hybridized carbons (Fsp3) is 0. The van der Waals surface area contributed by atoms with E-state index in [0.717, 1.165) is 6.07 Å². The van der Waals surface area contributed by atoms with Gasteiger partial charge >= 0.3 is 0 Å². The van der Waals surface area contributed by atoms with Crippen LogP contribution >= 0.6 is 0 Å². The van der Waals surface area contributed by atoms with Crippen LogP contribution in [0.4, 0.5) is 4.39 Å². The topological polar surface area (TPSA) is 71.5 Å². The molecule has 2 aromatic heterocycles. The van der Waals surface area contributed by atoms with Crippen molar-refractivity contribution in [3.05, 3.63) is 52.8 Å². The van der Waals surface area contributed by atoms with E-state index in [-0.39, 0.29) is 11.2 Å². The van der Waals surface area contributed by atoms with Gasteiger partial charge in [0, 0.05) is 12.4 Å². The molecule has 0 aliphatic carbocycles. The van der Waals surface area contributed by atoms with Crippen molar-refractivity contribution in [2.75, 3.05) is 0 Å². The van der Waals surface area contributed by atoms with Crippen molar-refractivity contribution in [3.8, 4) is 11.6 Å². The molecule has 0 saturated carbocycles. The van der Waals surface area contributed by atoms with Crippen molar-refractivity contribution in [2.24, 2.45) is 0 Å². The van der Waals surface area contributed by atoms with Gasteiger partial charge in [-0.05, 0) is 24.3 Å². The number of fused-ring (bicyclic) bond motifs is 1. The Morgan fingerprint density at radius 3 is 2.72 bits per heavy atom. The van der Waals surface area contributed by atoms with Crippen LogP contribution in [0.2, 0.25) is 0 Å². The molecule has 0 spiro atoms. The predicted molar refractivity (Wildman–Crippen MR) is 63.3 cm³/mol. The van der Waals surface area contributed by atoms with Crippen LogP contribution in [-0.4, -0.2) is 19.9 Å². The molecule has 0 unspecified atom stereocenters. The van der Waals surface area contributed by atoms with Gasteiger partial charge in [-0.15, -0.1) is 0 Å². The molecule has 6 heteroatoms. The number of halogens is 1. The average Bonchev–Trinajstić information content (AvgIpc) is 2.40. The van der Waals surface area contributed by atoms with Gasteiger partial charge in [0.15, 0.2) is 11.6 Å². The molecule has 1 aromatic carbocycles. The van der Waals surface area contributed by atoms with Gasteiger partial charge in [-0.3, -0.25) is 4.79 Å². The Bertz CT molecular complexity index is 770. The van der Waals surface area contributed by atoms with E-state index in [4.69, 9.17) is 0 Å². The zero-order valence-electron chi connectivity index (χ0n) is 9.09. The Morgan fingerprint density at radius 1 is 1.17 bits per heavy atom. The Hall–Kier alpha value is -2.63. The maximum absolute atomic E-state index is 13.0. The van der Waals surface area contributed by atoms with Crippen LogP contribution in [0.5, 0.6) is 0 Å². The van der Waals surface area contributed by atoms with E-state index in [2.05, 4.69) is 19.9 Å². The Balaban J connectivity index is 2.29. The Kier molecular flexibility index (Phi) is 2.33. The van der Waals surface area contributed by atoms with E-state index >= 15 is 0 Å². The maximum Gasteiger partial charge on any atom is 0.259 e. The second-order valence-corrected chi connectivity index (χ2v) is 3.65. The van der Waals surface area contributed by atoms with Crippen molar-refractivity contribution < 1.29 is 4.39 Å². The number of benzene rings is 1.